The van der Waals surface area contributed by atoms with Crippen LogP contribution in [0.3, 0.4) is 0 Å². The molecule has 1 N–H and O–H groups in total. The summed E-state index contributed by atoms with van der Waals surface area (Å²) in [6.07, 6.45) is 5.09. The highest BCUT2D eigenvalue weighted by Gasteiger charge is 2.14. The first-order valence-electron chi connectivity index (χ1n) is 5.79. The zero-order valence-corrected chi connectivity index (χ0v) is 9.85. The molecule has 0 bridgehead atoms. The molecule has 0 radical (unpaired) electrons. The lowest BCUT2D eigenvalue weighted by atomic mass is 10.2. The van der Waals surface area contributed by atoms with Gasteiger partial charge in [-0.3, -0.25) is 10.1 Å². The average Bonchev–Trinajstić information content (AvgIpc) is 2.32. The van der Waals surface area contributed by atoms with Crippen molar-refractivity contribution in [3.63, 3.8) is 0 Å². The molecule has 0 atom stereocenters. The minimum Gasteiger partial charge on any atom is -0.303 e. The molecule has 0 spiro atoms. The van der Waals surface area contributed by atoms with Gasteiger partial charge in [0.15, 0.2) is 0 Å². The fourth-order valence-corrected chi connectivity index (χ4v) is 1.94. The zero-order chi connectivity index (χ0) is 12.3. The molecule has 2 rings (SSSR count). The molecule has 2 heterocycles. The lowest BCUT2D eigenvalue weighted by Gasteiger charge is -2.27. The van der Waals surface area contributed by atoms with Gasteiger partial charge >= 0.3 is 0 Å². The van der Waals surface area contributed by atoms with Crippen molar-refractivity contribution in [1.29, 1.82) is 0 Å². The van der Waals surface area contributed by atoms with Crippen molar-refractivity contribution in [2.24, 2.45) is 0 Å². The molecule has 1 aromatic heterocycles. The van der Waals surface area contributed by atoms with Gasteiger partial charge in [0.2, 0.25) is 0 Å². The van der Waals surface area contributed by atoms with Gasteiger partial charge in [0.05, 0.1) is 11.0 Å². The van der Waals surface area contributed by atoms with E-state index < -0.39 is 0 Å². The molecule has 0 saturated carbocycles. The molecular formula is C11H16N4O2. The Morgan fingerprint density at radius 1 is 1.41 bits per heavy atom. The fourth-order valence-electron chi connectivity index (χ4n) is 1.94. The summed E-state index contributed by atoms with van der Waals surface area (Å²) in [5.41, 5.74) is 3.81. The Bertz CT molecular complexity index is 416. The number of nitro groups is 1. The highest BCUT2D eigenvalue weighted by molar-refractivity contribution is 5.48. The van der Waals surface area contributed by atoms with Crippen molar-refractivity contribution in [1.82, 2.24) is 9.99 Å². The van der Waals surface area contributed by atoms with Gasteiger partial charge in [-0.15, -0.1) is 0 Å². The van der Waals surface area contributed by atoms with E-state index in [0.29, 0.717) is 11.4 Å². The van der Waals surface area contributed by atoms with Crippen LogP contribution in [0.1, 0.15) is 24.8 Å². The monoisotopic (exact) mass is 236 g/mol. The molecule has 1 fully saturated rings. The molecule has 1 aliphatic rings. The summed E-state index contributed by atoms with van der Waals surface area (Å²) in [6, 6.07) is 1.49. The number of piperidine rings is 1. The van der Waals surface area contributed by atoms with Crippen molar-refractivity contribution in [2.75, 3.05) is 18.5 Å². The van der Waals surface area contributed by atoms with Crippen molar-refractivity contribution >= 4 is 11.5 Å². The third kappa shape index (κ3) is 2.91. The number of rotatable bonds is 3. The number of pyridine rings is 1. The highest BCUT2D eigenvalue weighted by atomic mass is 16.6. The Morgan fingerprint density at radius 3 is 2.76 bits per heavy atom. The van der Waals surface area contributed by atoms with Gasteiger partial charge in [-0.2, -0.15) is 0 Å². The van der Waals surface area contributed by atoms with Crippen LogP contribution in [0.5, 0.6) is 0 Å². The Balaban J connectivity index is 2.10. The van der Waals surface area contributed by atoms with E-state index in [9.17, 15) is 10.1 Å². The molecule has 6 nitrogen and oxygen atoms in total. The van der Waals surface area contributed by atoms with Crippen LogP contribution >= 0.6 is 0 Å². The number of aromatic nitrogens is 1. The number of hydrogen-bond acceptors (Lipinski definition) is 5. The van der Waals surface area contributed by atoms with Crippen molar-refractivity contribution < 1.29 is 4.92 Å². The zero-order valence-electron chi connectivity index (χ0n) is 9.85. The van der Waals surface area contributed by atoms with Crippen LogP contribution in [-0.4, -0.2) is 28.0 Å². The van der Waals surface area contributed by atoms with Crippen molar-refractivity contribution in [3.8, 4) is 0 Å². The van der Waals surface area contributed by atoms with Gasteiger partial charge in [0.1, 0.15) is 5.82 Å². The number of aryl methyl sites for hydroxylation is 1. The molecule has 0 amide bonds. The number of hydrogen-bond donors (Lipinski definition) is 1. The van der Waals surface area contributed by atoms with Gasteiger partial charge in [-0.05, 0) is 19.8 Å². The molecule has 92 valence electrons. The van der Waals surface area contributed by atoms with Crippen LogP contribution in [0.4, 0.5) is 11.5 Å². The fraction of sp³-hybridized carbons (Fsp3) is 0.545. The largest absolute Gasteiger partial charge is 0.303 e. The van der Waals surface area contributed by atoms with Gasteiger partial charge < -0.3 is 5.43 Å². The first-order valence-corrected chi connectivity index (χ1v) is 5.79. The quantitative estimate of drug-likeness (QED) is 0.642. The first-order chi connectivity index (χ1) is 8.16. The molecule has 0 aromatic carbocycles. The van der Waals surface area contributed by atoms with Gasteiger partial charge in [-0.1, -0.05) is 6.42 Å². The second kappa shape index (κ2) is 5.09. The molecule has 0 unspecified atom stereocenters. The lowest BCUT2D eigenvalue weighted by molar-refractivity contribution is -0.385. The first kappa shape index (κ1) is 11.8. The summed E-state index contributed by atoms with van der Waals surface area (Å²) in [5, 5.41) is 12.9. The van der Waals surface area contributed by atoms with E-state index in [1.54, 1.807) is 6.92 Å². The highest BCUT2D eigenvalue weighted by Crippen LogP contribution is 2.20. The SMILES string of the molecule is Cc1cnc(NN2CCCCC2)cc1[N+](=O)[O-]. The molecule has 0 aliphatic carbocycles. The van der Waals surface area contributed by atoms with Gasteiger partial charge in [0.25, 0.3) is 5.69 Å². The maximum Gasteiger partial charge on any atom is 0.277 e. The Labute approximate surface area is 99.8 Å². The third-order valence-electron chi connectivity index (χ3n) is 2.90. The summed E-state index contributed by atoms with van der Waals surface area (Å²) in [4.78, 5) is 14.6. The standard InChI is InChI=1S/C11H16N4O2/c1-9-8-12-11(7-10(9)15(16)17)13-14-5-3-2-4-6-14/h7-8H,2-6H2,1H3,(H,12,13). The van der Waals surface area contributed by atoms with E-state index in [1.165, 1.54) is 18.7 Å². The third-order valence-corrected chi connectivity index (χ3v) is 2.90. The molecule has 1 aliphatic heterocycles. The van der Waals surface area contributed by atoms with Crippen molar-refractivity contribution in [2.45, 2.75) is 26.2 Å². The second-order valence-corrected chi connectivity index (χ2v) is 4.27. The maximum atomic E-state index is 10.8. The van der Waals surface area contributed by atoms with Crippen LogP contribution in [-0.2, 0) is 0 Å². The molecule has 1 aromatic rings. The smallest absolute Gasteiger partial charge is 0.277 e. The topological polar surface area (TPSA) is 71.3 Å². The lowest BCUT2D eigenvalue weighted by Crippen LogP contribution is -2.35. The van der Waals surface area contributed by atoms with Crippen LogP contribution in [0.2, 0.25) is 0 Å². The van der Waals surface area contributed by atoms with Crippen LogP contribution in [0.25, 0.3) is 0 Å². The predicted octanol–water partition coefficient (Wildman–Crippen LogP) is 2.11. The minimum absolute atomic E-state index is 0.111. The summed E-state index contributed by atoms with van der Waals surface area (Å²) in [6.45, 7) is 3.61. The number of nitrogens with zero attached hydrogens (tertiary/aromatic N) is 3. The maximum absolute atomic E-state index is 10.8. The summed E-state index contributed by atoms with van der Waals surface area (Å²) in [7, 11) is 0. The van der Waals surface area contributed by atoms with Gasteiger partial charge in [0, 0.05) is 24.8 Å². The molecule has 1 saturated heterocycles. The molecular weight excluding hydrogens is 220 g/mol. The number of hydrazine groups is 1. The van der Waals surface area contributed by atoms with E-state index >= 15 is 0 Å². The minimum atomic E-state index is -0.377. The molecule has 6 heteroatoms. The number of anilines is 1. The van der Waals surface area contributed by atoms with E-state index in [2.05, 4.69) is 15.4 Å². The average molecular weight is 236 g/mol. The van der Waals surface area contributed by atoms with Crippen LogP contribution < -0.4 is 5.43 Å². The normalized spacial score (nSPS) is 16.8. The molecule has 17 heavy (non-hydrogen) atoms. The van der Waals surface area contributed by atoms with E-state index in [4.69, 9.17) is 0 Å². The van der Waals surface area contributed by atoms with Crippen LogP contribution in [0.15, 0.2) is 12.3 Å². The summed E-state index contributed by atoms with van der Waals surface area (Å²) >= 11 is 0. The van der Waals surface area contributed by atoms with E-state index in [0.717, 1.165) is 25.9 Å². The predicted molar refractivity (Wildman–Crippen MR) is 64.7 cm³/mol. The Kier molecular flexibility index (Phi) is 3.53. The van der Waals surface area contributed by atoms with E-state index in [1.807, 2.05) is 0 Å². The van der Waals surface area contributed by atoms with E-state index in [-0.39, 0.29) is 10.6 Å². The van der Waals surface area contributed by atoms with Gasteiger partial charge in [-0.25, -0.2) is 9.99 Å². The Morgan fingerprint density at radius 2 is 2.12 bits per heavy atom. The van der Waals surface area contributed by atoms with Crippen molar-refractivity contribution in [3.05, 3.63) is 27.9 Å². The summed E-state index contributed by atoms with van der Waals surface area (Å²) < 4.78 is 0. The summed E-state index contributed by atoms with van der Waals surface area (Å²) in [5.74, 6) is 0.546. The number of nitrogens with one attached hydrogen (secondary N) is 1. The van der Waals surface area contributed by atoms with Crippen LogP contribution in [0, 0.1) is 17.0 Å². The second-order valence-electron chi connectivity index (χ2n) is 4.27. The Hall–Kier alpha value is -1.69.